The average Bonchev–Trinajstić information content (AvgIpc) is 2.16. The number of nitrogens with zero attached hydrogens (tertiary/aromatic N) is 2. The zero-order valence-electron chi connectivity index (χ0n) is 9.19. The normalized spacial score (nSPS) is 10.6. The van der Waals surface area contributed by atoms with E-state index >= 15 is 0 Å². The molecule has 2 rings (SSSR count). The van der Waals surface area contributed by atoms with Gasteiger partial charge >= 0.3 is 0 Å². The quantitative estimate of drug-likeness (QED) is 0.702. The maximum Gasteiger partial charge on any atom is 0.255 e. The Bertz CT molecular complexity index is 555. The van der Waals surface area contributed by atoms with Crippen LogP contribution in [0.4, 0.5) is 5.69 Å². The van der Waals surface area contributed by atoms with E-state index in [-0.39, 0.29) is 5.56 Å². The second kappa shape index (κ2) is 3.42. The summed E-state index contributed by atoms with van der Waals surface area (Å²) < 4.78 is 1.65. The summed E-state index contributed by atoms with van der Waals surface area (Å²) in [5, 5.41) is 0. The van der Waals surface area contributed by atoms with Gasteiger partial charge in [-0.1, -0.05) is 0 Å². The lowest BCUT2D eigenvalue weighted by Crippen LogP contribution is -2.14. The molecule has 0 unspecified atom stereocenters. The number of pyridine rings is 2. The summed E-state index contributed by atoms with van der Waals surface area (Å²) in [5.74, 6) is 0. The largest absolute Gasteiger partial charge is 0.378 e. The molecule has 0 spiro atoms. The first-order chi connectivity index (χ1) is 7.08. The number of hydrogen-bond donors (Lipinski definition) is 0. The van der Waals surface area contributed by atoms with E-state index in [0.29, 0.717) is 0 Å². The predicted octanol–water partition coefficient (Wildman–Crippen LogP) is 1.67. The minimum atomic E-state index is 0.0234. The summed E-state index contributed by atoms with van der Waals surface area (Å²) in [6.45, 7) is 1.93. The molecule has 2 aromatic rings. The van der Waals surface area contributed by atoms with Crippen LogP contribution in [0.15, 0.2) is 35.3 Å². The highest BCUT2D eigenvalue weighted by Crippen LogP contribution is 2.13. The van der Waals surface area contributed by atoms with E-state index in [1.165, 1.54) is 0 Å². The zero-order chi connectivity index (χ0) is 11.0. The third-order valence-electron chi connectivity index (χ3n) is 2.45. The molecule has 0 aliphatic heterocycles. The van der Waals surface area contributed by atoms with Crippen LogP contribution in [0.5, 0.6) is 0 Å². The Morgan fingerprint density at radius 2 is 1.93 bits per heavy atom. The van der Waals surface area contributed by atoms with E-state index in [9.17, 15) is 4.79 Å². The van der Waals surface area contributed by atoms with Crippen LogP contribution in [0.25, 0.3) is 5.52 Å². The van der Waals surface area contributed by atoms with Crippen LogP contribution < -0.4 is 10.5 Å². The van der Waals surface area contributed by atoms with Gasteiger partial charge in [-0.2, -0.15) is 0 Å². The molecule has 0 aromatic carbocycles. The van der Waals surface area contributed by atoms with Gasteiger partial charge in [-0.15, -0.1) is 0 Å². The summed E-state index contributed by atoms with van der Waals surface area (Å²) in [7, 11) is 3.97. The molecule has 0 saturated heterocycles. The van der Waals surface area contributed by atoms with Gasteiger partial charge in [-0.25, -0.2) is 0 Å². The molecule has 3 heteroatoms. The van der Waals surface area contributed by atoms with Crippen LogP contribution in [-0.4, -0.2) is 18.5 Å². The molecule has 78 valence electrons. The first-order valence-electron chi connectivity index (χ1n) is 4.88. The lowest BCUT2D eigenvalue weighted by molar-refractivity contribution is 1.06. The monoisotopic (exact) mass is 202 g/mol. The Balaban J connectivity index is 2.77. The third kappa shape index (κ3) is 1.73. The van der Waals surface area contributed by atoms with Gasteiger partial charge in [0.2, 0.25) is 0 Å². The number of aryl methyl sites for hydroxylation is 1. The summed E-state index contributed by atoms with van der Waals surface area (Å²) >= 11 is 0. The van der Waals surface area contributed by atoms with Gasteiger partial charge in [0.1, 0.15) is 0 Å². The minimum absolute atomic E-state index is 0.0234. The Morgan fingerprint density at radius 1 is 1.20 bits per heavy atom. The van der Waals surface area contributed by atoms with Gasteiger partial charge in [-0.05, 0) is 30.7 Å². The number of fused-ring (bicyclic) bond motifs is 1. The number of aromatic nitrogens is 1. The molecule has 0 radical (unpaired) electrons. The highest BCUT2D eigenvalue weighted by Gasteiger charge is 2.00. The smallest absolute Gasteiger partial charge is 0.255 e. The molecule has 3 nitrogen and oxygen atoms in total. The van der Waals surface area contributed by atoms with Crippen molar-refractivity contribution in [3.8, 4) is 0 Å². The van der Waals surface area contributed by atoms with Gasteiger partial charge < -0.3 is 4.90 Å². The molecular formula is C12H14N2O. The van der Waals surface area contributed by atoms with E-state index in [1.807, 2.05) is 50.3 Å². The second-order valence-corrected chi connectivity index (χ2v) is 3.95. The first-order valence-corrected chi connectivity index (χ1v) is 4.88. The molecule has 2 aromatic heterocycles. The average molecular weight is 202 g/mol. The fourth-order valence-corrected chi connectivity index (χ4v) is 1.64. The van der Waals surface area contributed by atoms with Crippen LogP contribution >= 0.6 is 0 Å². The van der Waals surface area contributed by atoms with Crippen LogP contribution in [0.3, 0.4) is 0 Å². The highest BCUT2D eigenvalue weighted by atomic mass is 16.1. The maximum atomic E-state index is 11.6. The van der Waals surface area contributed by atoms with Crippen molar-refractivity contribution in [1.29, 1.82) is 0 Å². The van der Waals surface area contributed by atoms with Crippen LogP contribution in [-0.2, 0) is 0 Å². The molecule has 0 atom stereocenters. The van der Waals surface area contributed by atoms with Gasteiger partial charge in [0.05, 0.1) is 5.52 Å². The molecule has 0 saturated carbocycles. The molecule has 0 bridgehead atoms. The molecule has 0 amide bonds. The van der Waals surface area contributed by atoms with Gasteiger partial charge in [-0.3, -0.25) is 9.20 Å². The van der Waals surface area contributed by atoms with Crippen molar-refractivity contribution < 1.29 is 0 Å². The topological polar surface area (TPSA) is 24.7 Å². The van der Waals surface area contributed by atoms with Crippen LogP contribution in [0.2, 0.25) is 0 Å². The summed E-state index contributed by atoms with van der Waals surface area (Å²) in [5.41, 5.74) is 3.05. The molecule has 0 N–H and O–H groups in total. The zero-order valence-corrected chi connectivity index (χ0v) is 9.19. The number of hydrogen-bond acceptors (Lipinski definition) is 2. The van der Waals surface area contributed by atoms with Crippen molar-refractivity contribution in [2.75, 3.05) is 19.0 Å². The highest BCUT2D eigenvalue weighted by molar-refractivity contribution is 5.59. The molecule has 0 aliphatic carbocycles. The van der Waals surface area contributed by atoms with E-state index in [2.05, 4.69) is 0 Å². The maximum absolute atomic E-state index is 11.6. The molecule has 0 aliphatic rings. The van der Waals surface area contributed by atoms with Gasteiger partial charge in [0, 0.05) is 32.0 Å². The summed E-state index contributed by atoms with van der Waals surface area (Å²) in [6, 6.07) is 7.59. The Morgan fingerprint density at radius 3 is 2.60 bits per heavy atom. The first kappa shape index (κ1) is 9.77. The summed E-state index contributed by atoms with van der Waals surface area (Å²) in [4.78, 5) is 13.7. The fourth-order valence-electron chi connectivity index (χ4n) is 1.64. The van der Waals surface area contributed by atoms with Crippen molar-refractivity contribution in [1.82, 2.24) is 4.40 Å². The van der Waals surface area contributed by atoms with Gasteiger partial charge in [0.25, 0.3) is 5.56 Å². The lowest BCUT2D eigenvalue weighted by Gasteiger charge is -2.13. The molecule has 0 fully saturated rings. The van der Waals surface area contributed by atoms with Gasteiger partial charge in [0.15, 0.2) is 0 Å². The third-order valence-corrected chi connectivity index (χ3v) is 2.45. The lowest BCUT2D eigenvalue weighted by atomic mass is 10.2. The van der Waals surface area contributed by atoms with Crippen LogP contribution in [0, 0.1) is 6.92 Å². The Labute approximate surface area is 88.6 Å². The summed E-state index contributed by atoms with van der Waals surface area (Å²) in [6.07, 6.45) is 1.81. The van der Waals surface area contributed by atoms with Crippen molar-refractivity contribution in [2.45, 2.75) is 6.92 Å². The predicted molar refractivity (Wildman–Crippen MR) is 62.7 cm³/mol. The minimum Gasteiger partial charge on any atom is -0.378 e. The molecule has 2 heterocycles. The SMILES string of the molecule is Cc1cc(=O)n2ccc(N(C)C)cc2c1. The standard InChI is InChI=1S/C12H14N2O/c1-9-6-11-8-10(13(2)3)4-5-14(11)12(15)7-9/h4-8H,1-3H3. The van der Waals surface area contributed by atoms with Crippen molar-refractivity contribution in [3.05, 3.63) is 46.4 Å². The van der Waals surface area contributed by atoms with E-state index in [4.69, 9.17) is 0 Å². The van der Waals surface area contributed by atoms with Crippen molar-refractivity contribution in [3.63, 3.8) is 0 Å². The van der Waals surface area contributed by atoms with Crippen molar-refractivity contribution >= 4 is 11.2 Å². The Kier molecular flexibility index (Phi) is 2.23. The van der Waals surface area contributed by atoms with E-state index < -0.39 is 0 Å². The Hall–Kier alpha value is -1.77. The number of rotatable bonds is 1. The van der Waals surface area contributed by atoms with E-state index in [1.54, 1.807) is 10.5 Å². The second-order valence-electron chi connectivity index (χ2n) is 3.95. The molecular weight excluding hydrogens is 188 g/mol. The fraction of sp³-hybridized carbons (Fsp3) is 0.250. The molecule has 15 heavy (non-hydrogen) atoms. The van der Waals surface area contributed by atoms with Crippen molar-refractivity contribution in [2.24, 2.45) is 0 Å². The number of anilines is 1. The van der Waals surface area contributed by atoms with E-state index in [0.717, 1.165) is 16.8 Å². The van der Waals surface area contributed by atoms with Crippen LogP contribution in [0.1, 0.15) is 5.56 Å².